The summed E-state index contributed by atoms with van der Waals surface area (Å²) in [4.78, 5) is 40.3. The van der Waals surface area contributed by atoms with Crippen molar-refractivity contribution in [2.24, 2.45) is 0 Å². The van der Waals surface area contributed by atoms with Gasteiger partial charge in [0.2, 0.25) is 0 Å². The number of aliphatic hydroxyl groups excluding tert-OH is 1. The fourth-order valence-electron chi connectivity index (χ4n) is 4.17. The van der Waals surface area contributed by atoms with Crippen LogP contribution >= 0.6 is 21.6 Å². The molecule has 1 saturated heterocycles. The smallest absolute Gasteiger partial charge is 0.441 e. The molecule has 40 heavy (non-hydrogen) atoms. The minimum Gasteiger partial charge on any atom is -0.441 e. The van der Waals surface area contributed by atoms with Crippen molar-refractivity contribution in [2.75, 3.05) is 37.9 Å². The van der Waals surface area contributed by atoms with Crippen LogP contribution in [0.4, 0.5) is 9.59 Å². The number of amides is 2. The number of carbonyl (C=O) groups excluding carboxylic acids is 3. The molecule has 0 aromatic heterocycles. The molecule has 2 N–H and O–H groups in total. The van der Waals surface area contributed by atoms with E-state index >= 15 is 0 Å². The van der Waals surface area contributed by atoms with Crippen molar-refractivity contribution < 1.29 is 38.5 Å². The molecule has 2 unspecified atom stereocenters. The van der Waals surface area contributed by atoms with Crippen LogP contribution in [0.15, 0.2) is 48.5 Å². The van der Waals surface area contributed by atoms with E-state index < -0.39 is 30.5 Å². The molecule has 2 amide bonds. The van der Waals surface area contributed by atoms with Crippen molar-refractivity contribution in [1.29, 1.82) is 0 Å². The number of hydrogen-bond acceptors (Lipinski definition) is 10. The Balaban J connectivity index is 1.06. The quantitative estimate of drug-likeness (QED) is 0.207. The molecule has 2 aromatic carbocycles. The average molecular weight is 589 g/mol. The summed E-state index contributed by atoms with van der Waals surface area (Å²) >= 11 is 0. The maximum Gasteiger partial charge on any atom is 0.533 e. The minimum atomic E-state index is -1.12. The number of hydroxylamine groups is 2. The van der Waals surface area contributed by atoms with Gasteiger partial charge in [0.25, 0.3) is 5.91 Å². The number of nitrogens with zero attached hydrogens (tertiary/aromatic N) is 1. The summed E-state index contributed by atoms with van der Waals surface area (Å²) in [5.41, 5.74) is 4.23. The maximum atomic E-state index is 12.6. The molecule has 1 fully saturated rings. The van der Waals surface area contributed by atoms with Gasteiger partial charge in [0.05, 0.1) is 13.2 Å². The van der Waals surface area contributed by atoms with Crippen LogP contribution in [0.1, 0.15) is 41.2 Å². The lowest BCUT2D eigenvalue weighted by molar-refractivity contribution is -0.199. The SMILES string of the molecule is O=C(NCCOCCSSCCOC(=O)ON1C(=O)CCC1O)OC1Cc2ccccc2C=Cc2ccccc21. The second-order valence-electron chi connectivity index (χ2n) is 8.87. The molecule has 214 valence electrons. The summed E-state index contributed by atoms with van der Waals surface area (Å²) in [6.07, 6.45) is 2.06. The van der Waals surface area contributed by atoms with E-state index in [0.717, 1.165) is 22.3 Å². The lowest BCUT2D eigenvalue weighted by atomic mass is 9.91. The summed E-state index contributed by atoms with van der Waals surface area (Å²) in [6, 6.07) is 16.0. The van der Waals surface area contributed by atoms with Gasteiger partial charge in [0, 0.05) is 42.9 Å². The Morgan fingerprint density at radius 1 is 0.975 bits per heavy atom. The van der Waals surface area contributed by atoms with Gasteiger partial charge < -0.3 is 29.5 Å². The highest BCUT2D eigenvalue weighted by atomic mass is 33.1. The van der Waals surface area contributed by atoms with E-state index in [0.29, 0.717) is 42.7 Å². The highest BCUT2D eigenvalue weighted by Crippen LogP contribution is 2.31. The van der Waals surface area contributed by atoms with Gasteiger partial charge in [0.15, 0.2) is 6.23 Å². The Kier molecular flexibility index (Phi) is 11.6. The topological polar surface area (TPSA) is 124 Å². The van der Waals surface area contributed by atoms with Gasteiger partial charge in [-0.15, -0.1) is 5.06 Å². The molecule has 12 heteroatoms. The second kappa shape index (κ2) is 15.6. The van der Waals surface area contributed by atoms with Gasteiger partial charge >= 0.3 is 12.2 Å². The molecule has 2 atom stereocenters. The van der Waals surface area contributed by atoms with E-state index in [2.05, 4.69) is 29.6 Å². The number of carbonyl (C=O) groups is 3. The van der Waals surface area contributed by atoms with Crippen LogP contribution in [-0.2, 0) is 30.3 Å². The summed E-state index contributed by atoms with van der Waals surface area (Å²) < 4.78 is 16.3. The number of ether oxygens (including phenoxy) is 3. The predicted octanol–water partition coefficient (Wildman–Crippen LogP) is 4.59. The minimum absolute atomic E-state index is 0.106. The first-order chi connectivity index (χ1) is 19.5. The summed E-state index contributed by atoms with van der Waals surface area (Å²) in [6.45, 7) is 1.27. The Hall–Kier alpha value is -3.19. The van der Waals surface area contributed by atoms with E-state index in [1.807, 2.05) is 36.4 Å². The highest BCUT2D eigenvalue weighted by Gasteiger charge is 2.33. The molecule has 1 aliphatic carbocycles. The second-order valence-corrected chi connectivity index (χ2v) is 11.6. The van der Waals surface area contributed by atoms with Crippen LogP contribution in [-0.4, -0.2) is 72.4 Å². The first-order valence-electron chi connectivity index (χ1n) is 13.0. The third-order valence-corrected chi connectivity index (χ3v) is 8.43. The van der Waals surface area contributed by atoms with Crippen molar-refractivity contribution in [3.63, 3.8) is 0 Å². The summed E-state index contributed by atoms with van der Waals surface area (Å²) in [5, 5.41) is 13.0. The monoisotopic (exact) mass is 588 g/mol. The fraction of sp³-hybridized carbons (Fsp3) is 0.393. The third-order valence-electron chi connectivity index (χ3n) is 6.10. The number of fused-ring (bicyclic) bond motifs is 2. The number of aliphatic hydroxyl groups is 1. The van der Waals surface area contributed by atoms with Gasteiger partial charge in [-0.1, -0.05) is 82.3 Å². The molecule has 0 saturated carbocycles. The number of rotatable bonds is 12. The van der Waals surface area contributed by atoms with Crippen molar-refractivity contribution in [2.45, 2.75) is 31.6 Å². The molecule has 2 aliphatic rings. The van der Waals surface area contributed by atoms with E-state index in [-0.39, 0.29) is 19.4 Å². The molecular formula is C28H32N2O8S2. The molecule has 0 radical (unpaired) electrons. The number of hydrogen-bond donors (Lipinski definition) is 2. The van der Waals surface area contributed by atoms with Gasteiger partial charge in [-0.25, -0.2) is 9.59 Å². The van der Waals surface area contributed by atoms with Crippen molar-refractivity contribution in [1.82, 2.24) is 10.4 Å². The van der Waals surface area contributed by atoms with E-state index in [1.165, 1.54) is 10.8 Å². The van der Waals surface area contributed by atoms with E-state index in [4.69, 9.17) is 19.0 Å². The Labute approximate surface area is 240 Å². The summed E-state index contributed by atoms with van der Waals surface area (Å²) in [5.74, 6) is 0.777. The molecule has 2 aromatic rings. The number of nitrogens with one attached hydrogen (secondary N) is 1. The van der Waals surface area contributed by atoms with Crippen molar-refractivity contribution in [3.05, 3.63) is 70.8 Å². The molecular weight excluding hydrogens is 556 g/mol. The zero-order chi connectivity index (χ0) is 28.2. The molecule has 1 heterocycles. The van der Waals surface area contributed by atoms with Crippen LogP contribution in [0, 0.1) is 0 Å². The molecule has 1 aliphatic heterocycles. The van der Waals surface area contributed by atoms with Crippen LogP contribution < -0.4 is 5.32 Å². The van der Waals surface area contributed by atoms with Crippen LogP contribution in [0.5, 0.6) is 0 Å². The lowest BCUT2D eigenvalue weighted by Gasteiger charge is -2.23. The Morgan fingerprint density at radius 2 is 1.70 bits per heavy atom. The number of alkyl carbamates (subject to hydrolysis) is 1. The van der Waals surface area contributed by atoms with Crippen LogP contribution in [0.25, 0.3) is 12.2 Å². The van der Waals surface area contributed by atoms with Crippen molar-refractivity contribution in [3.8, 4) is 0 Å². The van der Waals surface area contributed by atoms with Crippen LogP contribution in [0.3, 0.4) is 0 Å². The first-order valence-corrected chi connectivity index (χ1v) is 15.5. The third kappa shape index (κ3) is 8.91. The van der Waals surface area contributed by atoms with Gasteiger partial charge in [-0.2, -0.15) is 0 Å². The standard InChI is InChI=1S/C28H32N2O8S2/c31-25-11-12-26(32)30(25)38-28(34)36-16-18-40-39-17-15-35-14-13-29-27(33)37-24-19-22-7-2-1-5-20(22)9-10-21-6-3-4-8-23(21)24/h1-10,24-25,31H,11-19H2,(H,29,33). The Bertz CT molecular complexity index is 1190. The first kappa shape index (κ1) is 29.8. The van der Waals surface area contributed by atoms with Crippen LogP contribution in [0.2, 0.25) is 0 Å². The van der Waals surface area contributed by atoms with E-state index in [9.17, 15) is 19.5 Å². The average Bonchev–Trinajstić information content (AvgIpc) is 3.26. The highest BCUT2D eigenvalue weighted by molar-refractivity contribution is 8.76. The van der Waals surface area contributed by atoms with Gasteiger partial charge in [-0.3, -0.25) is 4.79 Å². The van der Waals surface area contributed by atoms with Gasteiger partial charge in [0.1, 0.15) is 12.7 Å². The molecule has 0 spiro atoms. The normalized spacial score (nSPS) is 17.8. The molecule has 10 nitrogen and oxygen atoms in total. The Morgan fingerprint density at radius 3 is 2.50 bits per heavy atom. The number of benzene rings is 2. The molecule has 4 rings (SSSR count). The van der Waals surface area contributed by atoms with Crippen molar-refractivity contribution >= 4 is 51.9 Å². The van der Waals surface area contributed by atoms with E-state index in [1.54, 1.807) is 10.8 Å². The zero-order valence-electron chi connectivity index (χ0n) is 21.9. The zero-order valence-corrected chi connectivity index (χ0v) is 23.5. The summed E-state index contributed by atoms with van der Waals surface area (Å²) in [7, 11) is 3.05. The predicted molar refractivity (Wildman–Crippen MR) is 153 cm³/mol. The lowest BCUT2D eigenvalue weighted by Crippen LogP contribution is -2.35. The largest absolute Gasteiger partial charge is 0.533 e. The fourth-order valence-corrected chi connectivity index (χ4v) is 5.85. The maximum absolute atomic E-state index is 12.6. The van der Waals surface area contributed by atoms with Gasteiger partial charge in [-0.05, 0) is 16.7 Å². The molecule has 0 bridgehead atoms.